The number of hydrogen-bond acceptors (Lipinski definition) is 2. The summed E-state index contributed by atoms with van der Waals surface area (Å²) in [6.07, 6.45) is 5.00. The van der Waals surface area contributed by atoms with Crippen LogP contribution in [0.5, 0.6) is 5.75 Å². The van der Waals surface area contributed by atoms with E-state index >= 15 is 0 Å². The summed E-state index contributed by atoms with van der Waals surface area (Å²) in [5.74, 6) is 0.979. The van der Waals surface area contributed by atoms with Gasteiger partial charge in [-0.25, -0.2) is 0 Å². The van der Waals surface area contributed by atoms with Crippen molar-refractivity contribution in [1.82, 2.24) is 0 Å². The molecule has 0 aliphatic rings. The monoisotopic (exact) mass is 260 g/mol. The number of hydrogen-bond donors (Lipinski definition) is 0. The molecule has 2 heteroatoms. The third kappa shape index (κ3) is 3.88. The first-order valence-corrected chi connectivity index (χ1v) is 7.55. The zero-order valence-corrected chi connectivity index (χ0v) is 11.7. The van der Waals surface area contributed by atoms with Crippen molar-refractivity contribution in [2.45, 2.75) is 32.6 Å². The summed E-state index contributed by atoms with van der Waals surface area (Å²) in [6, 6.07) is 12.6. The Bertz CT molecular complexity index is 431. The highest BCUT2D eigenvalue weighted by Crippen LogP contribution is 2.26. The number of benzene rings is 1. The van der Waals surface area contributed by atoms with E-state index in [1.54, 1.807) is 11.3 Å². The van der Waals surface area contributed by atoms with Crippen molar-refractivity contribution in [2.75, 3.05) is 6.61 Å². The van der Waals surface area contributed by atoms with Crippen LogP contribution in [0.15, 0.2) is 41.8 Å². The molecule has 1 heterocycles. The Balaban J connectivity index is 1.81. The minimum Gasteiger partial charge on any atom is -0.494 e. The van der Waals surface area contributed by atoms with Crippen molar-refractivity contribution in [1.29, 1.82) is 0 Å². The average molecular weight is 260 g/mol. The highest BCUT2D eigenvalue weighted by atomic mass is 32.1. The third-order valence-corrected chi connectivity index (χ3v) is 3.85. The van der Waals surface area contributed by atoms with E-state index in [4.69, 9.17) is 4.74 Å². The van der Waals surface area contributed by atoms with Crippen molar-refractivity contribution < 1.29 is 4.74 Å². The molecular formula is C16H20OS. The van der Waals surface area contributed by atoms with Gasteiger partial charge in [0.05, 0.1) is 6.61 Å². The molecule has 0 radical (unpaired) electrons. The molecule has 0 aliphatic heterocycles. The van der Waals surface area contributed by atoms with Crippen LogP contribution in [0.1, 0.15) is 32.6 Å². The van der Waals surface area contributed by atoms with E-state index in [0.29, 0.717) is 0 Å². The highest BCUT2D eigenvalue weighted by molar-refractivity contribution is 7.13. The van der Waals surface area contributed by atoms with Crippen LogP contribution in [-0.4, -0.2) is 6.61 Å². The molecule has 18 heavy (non-hydrogen) atoms. The first-order chi connectivity index (χ1) is 8.90. The van der Waals surface area contributed by atoms with Crippen LogP contribution < -0.4 is 4.74 Å². The summed E-state index contributed by atoms with van der Waals surface area (Å²) >= 11 is 1.77. The number of rotatable bonds is 7. The van der Waals surface area contributed by atoms with Crippen molar-refractivity contribution >= 4 is 11.3 Å². The largest absolute Gasteiger partial charge is 0.494 e. The van der Waals surface area contributed by atoms with Gasteiger partial charge in [-0.05, 0) is 47.7 Å². The number of unbranched alkanes of at least 4 members (excludes halogenated alkanes) is 3. The van der Waals surface area contributed by atoms with E-state index in [1.807, 2.05) is 0 Å². The van der Waals surface area contributed by atoms with Crippen LogP contribution in [-0.2, 0) is 0 Å². The van der Waals surface area contributed by atoms with Crippen LogP contribution in [0.2, 0.25) is 0 Å². The van der Waals surface area contributed by atoms with Gasteiger partial charge in [-0.1, -0.05) is 32.3 Å². The van der Waals surface area contributed by atoms with E-state index in [0.717, 1.165) is 18.8 Å². The Kier molecular flexibility index (Phi) is 5.28. The predicted octanol–water partition coefficient (Wildman–Crippen LogP) is 5.37. The Morgan fingerprint density at radius 1 is 1.00 bits per heavy atom. The Hall–Kier alpha value is -1.28. The molecule has 0 aliphatic carbocycles. The lowest BCUT2D eigenvalue weighted by Gasteiger charge is -2.06. The molecule has 1 nitrogen and oxygen atoms in total. The summed E-state index contributed by atoms with van der Waals surface area (Å²) in [4.78, 5) is 1.31. The molecule has 0 unspecified atom stereocenters. The van der Waals surface area contributed by atoms with Gasteiger partial charge in [0.1, 0.15) is 5.75 Å². The van der Waals surface area contributed by atoms with Crippen molar-refractivity contribution in [2.24, 2.45) is 0 Å². The van der Waals surface area contributed by atoms with Crippen LogP contribution in [0.4, 0.5) is 0 Å². The molecule has 96 valence electrons. The normalized spacial score (nSPS) is 10.5. The van der Waals surface area contributed by atoms with Crippen LogP contribution in [0, 0.1) is 0 Å². The van der Waals surface area contributed by atoms with Gasteiger partial charge >= 0.3 is 0 Å². The van der Waals surface area contributed by atoms with Gasteiger partial charge in [-0.3, -0.25) is 0 Å². The molecule has 2 rings (SSSR count). The van der Waals surface area contributed by atoms with Crippen LogP contribution in [0.25, 0.3) is 10.4 Å². The van der Waals surface area contributed by atoms with E-state index in [2.05, 4.69) is 48.7 Å². The Morgan fingerprint density at radius 2 is 1.83 bits per heavy atom. The first kappa shape index (κ1) is 13.2. The second-order valence-electron chi connectivity index (χ2n) is 4.41. The quantitative estimate of drug-likeness (QED) is 0.608. The van der Waals surface area contributed by atoms with E-state index in [9.17, 15) is 0 Å². The maximum atomic E-state index is 5.73. The molecule has 0 spiro atoms. The minimum atomic E-state index is 0.832. The fraction of sp³-hybridized carbons (Fsp3) is 0.375. The average Bonchev–Trinajstić information content (AvgIpc) is 2.93. The van der Waals surface area contributed by atoms with Gasteiger partial charge in [0, 0.05) is 4.88 Å². The zero-order chi connectivity index (χ0) is 12.6. The van der Waals surface area contributed by atoms with E-state index in [-0.39, 0.29) is 0 Å². The Labute approximate surface area is 113 Å². The van der Waals surface area contributed by atoms with Crippen LogP contribution in [0.3, 0.4) is 0 Å². The van der Waals surface area contributed by atoms with Crippen LogP contribution >= 0.6 is 11.3 Å². The molecule has 0 N–H and O–H groups in total. The maximum absolute atomic E-state index is 5.73. The summed E-state index contributed by atoms with van der Waals surface area (Å²) in [7, 11) is 0. The fourth-order valence-corrected chi connectivity index (χ4v) is 2.61. The molecule has 1 aromatic carbocycles. The molecule has 0 saturated carbocycles. The number of ether oxygens (including phenoxy) is 1. The predicted molar refractivity (Wildman–Crippen MR) is 79.4 cm³/mol. The maximum Gasteiger partial charge on any atom is 0.119 e. The minimum absolute atomic E-state index is 0.832. The van der Waals surface area contributed by atoms with Crippen molar-refractivity contribution in [3.63, 3.8) is 0 Å². The van der Waals surface area contributed by atoms with E-state index in [1.165, 1.54) is 29.7 Å². The van der Waals surface area contributed by atoms with Gasteiger partial charge in [-0.2, -0.15) is 0 Å². The van der Waals surface area contributed by atoms with Gasteiger partial charge in [-0.15, -0.1) is 11.3 Å². The summed E-state index contributed by atoms with van der Waals surface area (Å²) in [5, 5.41) is 2.10. The van der Waals surface area contributed by atoms with Crippen molar-refractivity contribution in [3.8, 4) is 16.2 Å². The summed E-state index contributed by atoms with van der Waals surface area (Å²) in [5.41, 5.74) is 1.27. The first-order valence-electron chi connectivity index (χ1n) is 6.67. The lowest BCUT2D eigenvalue weighted by atomic mass is 10.2. The molecule has 0 fully saturated rings. The number of thiophene rings is 1. The SMILES string of the molecule is CCCCCCOc1ccc(-c2cccs2)cc1. The molecular weight excluding hydrogens is 240 g/mol. The second-order valence-corrected chi connectivity index (χ2v) is 5.36. The second kappa shape index (κ2) is 7.22. The highest BCUT2D eigenvalue weighted by Gasteiger charge is 1.99. The lowest BCUT2D eigenvalue weighted by molar-refractivity contribution is 0.305. The van der Waals surface area contributed by atoms with E-state index < -0.39 is 0 Å². The Morgan fingerprint density at radius 3 is 2.50 bits per heavy atom. The smallest absolute Gasteiger partial charge is 0.119 e. The lowest BCUT2D eigenvalue weighted by Crippen LogP contribution is -1.96. The summed E-state index contributed by atoms with van der Waals surface area (Å²) < 4.78 is 5.73. The zero-order valence-electron chi connectivity index (χ0n) is 10.9. The molecule has 0 atom stereocenters. The fourth-order valence-electron chi connectivity index (χ4n) is 1.88. The molecule has 0 bridgehead atoms. The molecule has 1 aromatic heterocycles. The molecule has 0 amide bonds. The topological polar surface area (TPSA) is 9.23 Å². The van der Waals surface area contributed by atoms with Gasteiger partial charge in [0.15, 0.2) is 0 Å². The van der Waals surface area contributed by atoms with Gasteiger partial charge in [0.2, 0.25) is 0 Å². The van der Waals surface area contributed by atoms with Gasteiger partial charge < -0.3 is 4.74 Å². The molecule has 2 aromatic rings. The molecule has 0 saturated heterocycles. The standard InChI is InChI=1S/C16H20OS/c1-2-3-4-5-12-17-15-10-8-14(9-11-15)16-7-6-13-18-16/h6-11,13H,2-5,12H2,1H3. The van der Waals surface area contributed by atoms with Gasteiger partial charge in [0.25, 0.3) is 0 Å². The third-order valence-electron chi connectivity index (χ3n) is 2.93. The summed E-state index contributed by atoms with van der Waals surface area (Å²) in [6.45, 7) is 3.06. The van der Waals surface area contributed by atoms with Crippen molar-refractivity contribution in [3.05, 3.63) is 41.8 Å².